The van der Waals surface area contributed by atoms with E-state index in [1.807, 2.05) is 30.3 Å². The van der Waals surface area contributed by atoms with Crippen LogP contribution in [0.15, 0.2) is 41.3 Å². The van der Waals surface area contributed by atoms with Gasteiger partial charge in [-0.1, -0.05) is 31.0 Å². The lowest BCUT2D eigenvalue weighted by molar-refractivity contribution is -0.122. The van der Waals surface area contributed by atoms with E-state index >= 15 is 0 Å². The van der Waals surface area contributed by atoms with Crippen molar-refractivity contribution in [3.05, 3.63) is 52.6 Å². The van der Waals surface area contributed by atoms with Crippen LogP contribution >= 0.6 is 0 Å². The van der Waals surface area contributed by atoms with Gasteiger partial charge in [-0.3, -0.25) is 9.59 Å². The molecule has 144 valence electrons. The second-order valence-corrected chi connectivity index (χ2v) is 7.83. The van der Waals surface area contributed by atoms with Crippen molar-refractivity contribution in [2.24, 2.45) is 0 Å². The lowest BCUT2D eigenvalue weighted by Gasteiger charge is -2.13. The summed E-state index contributed by atoms with van der Waals surface area (Å²) >= 11 is 0. The van der Waals surface area contributed by atoms with E-state index in [0.29, 0.717) is 11.4 Å². The number of amides is 1. The van der Waals surface area contributed by atoms with Crippen molar-refractivity contribution < 1.29 is 4.79 Å². The van der Waals surface area contributed by atoms with Gasteiger partial charge in [-0.25, -0.2) is 9.36 Å². The average molecular weight is 377 g/mol. The quantitative estimate of drug-likeness (QED) is 0.741. The molecule has 2 aliphatic carbocycles. The highest BCUT2D eigenvalue weighted by Crippen LogP contribution is 2.41. The Morgan fingerprint density at radius 1 is 1.11 bits per heavy atom. The van der Waals surface area contributed by atoms with Gasteiger partial charge < -0.3 is 5.32 Å². The van der Waals surface area contributed by atoms with Gasteiger partial charge in [0.05, 0.1) is 17.6 Å². The van der Waals surface area contributed by atoms with Crippen LogP contribution in [0.3, 0.4) is 0 Å². The second-order valence-electron chi connectivity index (χ2n) is 7.83. The first kappa shape index (κ1) is 17.2. The summed E-state index contributed by atoms with van der Waals surface area (Å²) in [6, 6.07) is 9.82. The highest BCUT2D eigenvalue weighted by Gasteiger charge is 2.30. The van der Waals surface area contributed by atoms with Gasteiger partial charge in [0.1, 0.15) is 12.1 Å². The number of carbonyl (C=O) groups excluding carboxylic acids is 1. The Hall–Kier alpha value is -2.96. The van der Waals surface area contributed by atoms with E-state index < -0.39 is 0 Å². The monoisotopic (exact) mass is 377 g/mol. The molecule has 2 aromatic heterocycles. The number of nitrogens with one attached hydrogen (secondary N) is 1. The number of fused-ring (bicyclic) bond motifs is 1. The number of para-hydroxylation sites is 1. The zero-order chi connectivity index (χ0) is 19.1. The molecule has 7 nitrogen and oxygen atoms in total. The first-order valence-electron chi connectivity index (χ1n) is 10.0. The Labute approximate surface area is 162 Å². The topological polar surface area (TPSA) is 81.8 Å². The maximum Gasteiger partial charge on any atom is 0.293 e. The smallest absolute Gasteiger partial charge is 0.293 e. The molecule has 0 atom stereocenters. The SMILES string of the molecule is O=C(Cn1nc(C2CC2)c2cnn(-c3ccccc3)c2c1=O)NC1CCCC1. The Bertz CT molecular complexity index is 1080. The third-order valence-electron chi connectivity index (χ3n) is 5.69. The average Bonchev–Trinajstić information content (AvgIpc) is 3.23. The van der Waals surface area contributed by atoms with Crippen LogP contribution in [0.2, 0.25) is 0 Å². The van der Waals surface area contributed by atoms with Gasteiger partial charge in [-0.05, 0) is 37.8 Å². The minimum atomic E-state index is -0.276. The molecule has 7 heteroatoms. The molecule has 1 amide bonds. The van der Waals surface area contributed by atoms with Crippen molar-refractivity contribution in [2.75, 3.05) is 0 Å². The van der Waals surface area contributed by atoms with Crippen LogP contribution in [0, 0.1) is 0 Å². The van der Waals surface area contributed by atoms with E-state index in [-0.39, 0.29) is 24.1 Å². The molecule has 0 spiro atoms. The molecule has 0 aliphatic heterocycles. The molecule has 1 N–H and O–H groups in total. The molecule has 2 saturated carbocycles. The number of aromatic nitrogens is 4. The van der Waals surface area contributed by atoms with Gasteiger partial charge in [-0.15, -0.1) is 0 Å². The molecular weight excluding hydrogens is 354 g/mol. The van der Waals surface area contributed by atoms with E-state index in [0.717, 1.165) is 55.3 Å². The summed E-state index contributed by atoms with van der Waals surface area (Å²) in [4.78, 5) is 25.7. The maximum absolute atomic E-state index is 13.2. The Kier molecular flexibility index (Phi) is 4.22. The number of carbonyl (C=O) groups is 1. The number of hydrogen-bond donors (Lipinski definition) is 1. The molecule has 5 rings (SSSR count). The molecule has 2 aliphatic rings. The normalized spacial score (nSPS) is 17.3. The van der Waals surface area contributed by atoms with Crippen molar-refractivity contribution in [3.8, 4) is 5.69 Å². The molecule has 2 fully saturated rings. The molecule has 0 saturated heterocycles. The highest BCUT2D eigenvalue weighted by atomic mass is 16.2. The van der Waals surface area contributed by atoms with Gasteiger partial charge in [0.25, 0.3) is 5.56 Å². The summed E-state index contributed by atoms with van der Waals surface area (Å²) in [6.45, 7) is -0.0506. The zero-order valence-electron chi connectivity index (χ0n) is 15.7. The lowest BCUT2D eigenvalue weighted by Crippen LogP contribution is -2.38. The fourth-order valence-electron chi connectivity index (χ4n) is 4.10. The van der Waals surface area contributed by atoms with Gasteiger partial charge in [0.15, 0.2) is 0 Å². The number of benzene rings is 1. The molecule has 0 bridgehead atoms. The van der Waals surface area contributed by atoms with Crippen molar-refractivity contribution in [1.82, 2.24) is 24.9 Å². The fourth-order valence-corrected chi connectivity index (χ4v) is 4.10. The zero-order valence-corrected chi connectivity index (χ0v) is 15.7. The number of rotatable bonds is 5. The van der Waals surface area contributed by atoms with Gasteiger partial charge in [0.2, 0.25) is 5.91 Å². The standard InChI is InChI=1S/C21H23N5O2/c27-18(23-15-6-4-5-7-15)13-25-21(28)20-17(19(24-25)14-10-11-14)12-22-26(20)16-8-2-1-3-9-16/h1-3,8-9,12,14-15H,4-7,10-11,13H2,(H,23,27). The van der Waals surface area contributed by atoms with E-state index in [1.54, 1.807) is 10.9 Å². The van der Waals surface area contributed by atoms with E-state index in [1.165, 1.54) is 4.68 Å². The van der Waals surface area contributed by atoms with E-state index in [4.69, 9.17) is 0 Å². The van der Waals surface area contributed by atoms with Crippen LogP contribution in [-0.4, -0.2) is 31.5 Å². The first-order chi connectivity index (χ1) is 13.7. The summed E-state index contributed by atoms with van der Waals surface area (Å²) in [5.41, 5.74) is 1.93. The largest absolute Gasteiger partial charge is 0.352 e. The predicted molar refractivity (Wildman–Crippen MR) is 105 cm³/mol. The maximum atomic E-state index is 13.2. The van der Waals surface area contributed by atoms with Gasteiger partial charge in [0, 0.05) is 17.3 Å². The molecule has 0 radical (unpaired) electrons. The van der Waals surface area contributed by atoms with Crippen molar-refractivity contribution >= 4 is 16.8 Å². The molecular formula is C21H23N5O2. The third kappa shape index (κ3) is 3.10. The minimum Gasteiger partial charge on any atom is -0.352 e. The number of hydrogen-bond acceptors (Lipinski definition) is 4. The molecule has 1 aromatic carbocycles. The van der Waals surface area contributed by atoms with Gasteiger partial charge >= 0.3 is 0 Å². The van der Waals surface area contributed by atoms with Crippen molar-refractivity contribution in [1.29, 1.82) is 0 Å². The van der Waals surface area contributed by atoms with Crippen LogP contribution in [0.1, 0.15) is 50.1 Å². The lowest BCUT2D eigenvalue weighted by atomic mass is 10.2. The summed E-state index contributed by atoms with van der Waals surface area (Å²) < 4.78 is 2.98. The van der Waals surface area contributed by atoms with E-state index in [2.05, 4.69) is 15.5 Å². The summed E-state index contributed by atoms with van der Waals surface area (Å²) in [5, 5.41) is 12.9. The van der Waals surface area contributed by atoms with E-state index in [9.17, 15) is 9.59 Å². The summed E-state index contributed by atoms with van der Waals surface area (Å²) in [5.74, 6) is 0.203. The van der Waals surface area contributed by atoms with Gasteiger partial charge in [-0.2, -0.15) is 10.2 Å². The van der Waals surface area contributed by atoms with Crippen LogP contribution < -0.4 is 10.9 Å². The second kappa shape index (κ2) is 6.89. The summed E-state index contributed by atoms with van der Waals surface area (Å²) in [7, 11) is 0. The van der Waals surface area contributed by atoms with Crippen LogP contribution in [-0.2, 0) is 11.3 Å². The highest BCUT2D eigenvalue weighted by molar-refractivity contribution is 5.83. The molecule has 3 aromatic rings. The summed E-state index contributed by atoms with van der Waals surface area (Å²) in [6.07, 6.45) is 8.18. The van der Waals surface area contributed by atoms with Crippen molar-refractivity contribution in [2.45, 2.75) is 57.0 Å². The van der Waals surface area contributed by atoms with Crippen molar-refractivity contribution in [3.63, 3.8) is 0 Å². The molecule has 2 heterocycles. The predicted octanol–water partition coefficient (Wildman–Crippen LogP) is 2.52. The first-order valence-corrected chi connectivity index (χ1v) is 10.0. The third-order valence-corrected chi connectivity index (χ3v) is 5.69. The Balaban J connectivity index is 1.56. The molecule has 28 heavy (non-hydrogen) atoms. The Morgan fingerprint density at radius 2 is 1.86 bits per heavy atom. The minimum absolute atomic E-state index is 0.0506. The molecule has 0 unspecified atom stereocenters. The fraction of sp³-hybridized carbons (Fsp3) is 0.429. The Morgan fingerprint density at radius 3 is 2.57 bits per heavy atom. The van der Waals surface area contributed by atoms with Crippen LogP contribution in [0.5, 0.6) is 0 Å². The number of nitrogens with zero attached hydrogens (tertiary/aromatic N) is 4. The van der Waals surface area contributed by atoms with Crippen LogP contribution in [0.4, 0.5) is 0 Å². The van der Waals surface area contributed by atoms with Crippen LogP contribution in [0.25, 0.3) is 16.6 Å².